The molecule has 1 aliphatic carbocycles. The largest absolute Gasteiger partial charge is 0.299 e. The average molecular weight is 336 g/mol. The number of halogens is 1. The van der Waals surface area contributed by atoms with Crippen molar-refractivity contribution in [3.63, 3.8) is 0 Å². The van der Waals surface area contributed by atoms with E-state index in [4.69, 9.17) is 0 Å². The standard InChI is InChI=1S/C15H14BrNO3/c16-10-5-6-11-12(7-10)17(15(20)14(11)19)8-13(18)9-3-1-2-4-9/h5-7,9H,1-4,8H2. The van der Waals surface area contributed by atoms with Crippen LogP contribution >= 0.6 is 15.9 Å². The zero-order chi connectivity index (χ0) is 14.3. The Labute approximate surface area is 125 Å². The Hall–Kier alpha value is -1.49. The number of benzene rings is 1. The van der Waals surface area contributed by atoms with Gasteiger partial charge < -0.3 is 0 Å². The van der Waals surface area contributed by atoms with Gasteiger partial charge >= 0.3 is 0 Å². The number of nitrogens with zero attached hydrogens (tertiary/aromatic N) is 1. The molecule has 1 amide bonds. The number of anilines is 1. The van der Waals surface area contributed by atoms with E-state index in [1.54, 1.807) is 18.2 Å². The second-order valence-corrected chi connectivity index (χ2v) is 6.25. The predicted molar refractivity (Wildman–Crippen MR) is 77.8 cm³/mol. The minimum Gasteiger partial charge on any atom is -0.297 e. The molecule has 0 saturated heterocycles. The monoisotopic (exact) mass is 335 g/mol. The van der Waals surface area contributed by atoms with Gasteiger partial charge in [-0.3, -0.25) is 19.3 Å². The van der Waals surface area contributed by atoms with Gasteiger partial charge in [-0.1, -0.05) is 28.8 Å². The summed E-state index contributed by atoms with van der Waals surface area (Å²) in [4.78, 5) is 37.5. The summed E-state index contributed by atoms with van der Waals surface area (Å²) < 4.78 is 0.789. The molecule has 0 spiro atoms. The number of rotatable bonds is 3. The highest BCUT2D eigenvalue weighted by Gasteiger charge is 2.38. The number of Topliss-reactive ketones (excluding diaryl/α,β-unsaturated/α-hetero) is 2. The van der Waals surface area contributed by atoms with Gasteiger partial charge in [-0.2, -0.15) is 0 Å². The molecule has 1 aromatic carbocycles. The van der Waals surface area contributed by atoms with Crippen LogP contribution in [0.3, 0.4) is 0 Å². The number of carbonyl (C=O) groups is 3. The minimum atomic E-state index is -0.593. The molecule has 5 heteroatoms. The lowest BCUT2D eigenvalue weighted by molar-refractivity contribution is -0.123. The van der Waals surface area contributed by atoms with Crippen LogP contribution in [-0.2, 0) is 9.59 Å². The first-order valence-corrected chi connectivity index (χ1v) is 7.55. The number of carbonyl (C=O) groups excluding carboxylic acids is 3. The van der Waals surface area contributed by atoms with E-state index < -0.39 is 11.7 Å². The van der Waals surface area contributed by atoms with E-state index in [0.717, 1.165) is 30.2 Å². The summed E-state index contributed by atoms with van der Waals surface area (Å²) >= 11 is 3.33. The number of amides is 1. The molecule has 0 bridgehead atoms. The third-order valence-electron chi connectivity index (χ3n) is 4.06. The Kier molecular flexibility index (Phi) is 3.46. The molecule has 20 heavy (non-hydrogen) atoms. The average Bonchev–Trinajstić information content (AvgIpc) is 3.03. The molecule has 0 aromatic heterocycles. The van der Waals surface area contributed by atoms with Gasteiger partial charge in [-0.15, -0.1) is 0 Å². The third kappa shape index (κ3) is 2.20. The van der Waals surface area contributed by atoms with Gasteiger partial charge in [0.25, 0.3) is 11.7 Å². The van der Waals surface area contributed by atoms with Crippen molar-refractivity contribution in [2.75, 3.05) is 11.4 Å². The summed E-state index contributed by atoms with van der Waals surface area (Å²) in [5, 5.41) is 0. The molecule has 0 atom stereocenters. The smallest absolute Gasteiger partial charge is 0.297 e. The maximum Gasteiger partial charge on any atom is 0.299 e. The van der Waals surface area contributed by atoms with Crippen molar-refractivity contribution in [3.8, 4) is 0 Å². The van der Waals surface area contributed by atoms with Crippen LogP contribution in [0.1, 0.15) is 36.0 Å². The van der Waals surface area contributed by atoms with Crippen molar-refractivity contribution in [1.29, 1.82) is 0 Å². The molecular formula is C15H14BrNO3. The Morgan fingerprint density at radius 1 is 1.25 bits per heavy atom. The highest BCUT2D eigenvalue weighted by Crippen LogP contribution is 2.33. The fourth-order valence-electron chi connectivity index (χ4n) is 2.96. The maximum absolute atomic E-state index is 12.2. The topological polar surface area (TPSA) is 54.5 Å². The Morgan fingerprint density at radius 3 is 2.65 bits per heavy atom. The molecule has 1 heterocycles. The van der Waals surface area contributed by atoms with Gasteiger partial charge in [0, 0.05) is 10.4 Å². The second kappa shape index (κ2) is 5.13. The van der Waals surface area contributed by atoms with Crippen molar-refractivity contribution < 1.29 is 14.4 Å². The van der Waals surface area contributed by atoms with E-state index in [1.807, 2.05) is 0 Å². The van der Waals surface area contributed by atoms with Crippen molar-refractivity contribution in [2.24, 2.45) is 5.92 Å². The third-order valence-corrected chi connectivity index (χ3v) is 4.55. The number of ketones is 2. The molecule has 1 saturated carbocycles. The first-order chi connectivity index (χ1) is 9.58. The van der Waals surface area contributed by atoms with Crippen molar-refractivity contribution >= 4 is 39.1 Å². The van der Waals surface area contributed by atoms with Crippen LogP contribution in [0.5, 0.6) is 0 Å². The number of hydrogen-bond acceptors (Lipinski definition) is 3. The summed E-state index contributed by atoms with van der Waals surface area (Å²) in [5.74, 6) is -0.998. The molecule has 2 aliphatic rings. The fraction of sp³-hybridized carbons (Fsp3) is 0.400. The Balaban J connectivity index is 1.87. The van der Waals surface area contributed by atoms with Crippen LogP contribution in [0.15, 0.2) is 22.7 Å². The molecule has 0 N–H and O–H groups in total. The summed E-state index contributed by atoms with van der Waals surface area (Å²) in [6.07, 6.45) is 3.96. The number of hydrogen-bond donors (Lipinski definition) is 0. The first-order valence-electron chi connectivity index (χ1n) is 6.76. The minimum absolute atomic E-state index is 0.0126. The molecule has 0 unspecified atom stereocenters. The van der Waals surface area contributed by atoms with Gasteiger partial charge in [-0.05, 0) is 31.0 Å². The van der Waals surface area contributed by atoms with Crippen molar-refractivity contribution in [1.82, 2.24) is 0 Å². The summed E-state index contributed by atoms with van der Waals surface area (Å²) in [5.41, 5.74) is 0.929. The van der Waals surface area contributed by atoms with Crippen molar-refractivity contribution in [2.45, 2.75) is 25.7 Å². The molecule has 4 nitrogen and oxygen atoms in total. The van der Waals surface area contributed by atoms with E-state index in [-0.39, 0.29) is 18.2 Å². The van der Waals surface area contributed by atoms with Crippen LogP contribution in [-0.4, -0.2) is 24.0 Å². The van der Waals surface area contributed by atoms with Gasteiger partial charge in [0.1, 0.15) is 0 Å². The normalized spacial score (nSPS) is 18.8. The van der Waals surface area contributed by atoms with Gasteiger partial charge in [0.05, 0.1) is 17.8 Å². The zero-order valence-corrected chi connectivity index (χ0v) is 12.5. The summed E-state index contributed by atoms with van der Waals surface area (Å²) in [7, 11) is 0. The molecular weight excluding hydrogens is 322 g/mol. The summed E-state index contributed by atoms with van der Waals surface area (Å²) in [6.45, 7) is 0.0126. The lowest BCUT2D eigenvalue weighted by atomic mass is 10.0. The van der Waals surface area contributed by atoms with E-state index >= 15 is 0 Å². The second-order valence-electron chi connectivity index (χ2n) is 5.33. The first kappa shape index (κ1) is 13.5. The molecule has 1 aliphatic heterocycles. The van der Waals surface area contributed by atoms with E-state index in [0.29, 0.717) is 11.3 Å². The summed E-state index contributed by atoms with van der Waals surface area (Å²) in [6, 6.07) is 5.08. The quantitative estimate of drug-likeness (QED) is 0.798. The maximum atomic E-state index is 12.2. The Bertz CT molecular complexity index is 605. The lowest BCUT2D eigenvalue weighted by Crippen LogP contribution is -2.36. The molecule has 3 rings (SSSR count). The molecule has 104 valence electrons. The molecule has 0 radical (unpaired) electrons. The van der Waals surface area contributed by atoms with Crippen LogP contribution < -0.4 is 4.90 Å². The van der Waals surface area contributed by atoms with E-state index in [2.05, 4.69) is 15.9 Å². The van der Waals surface area contributed by atoms with Crippen LogP contribution in [0.2, 0.25) is 0 Å². The highest BCUT2D eigenvalue weighted by molar-refractivity contribution is 9.10. The van der Waals surface area contributed by atoms with Crippen LogP contribution in [0, 0.1) is 5.92 Å². The SMILES string of the molecule is O=C1C(=O)N(CC(=O)C2CCCC2)c2cc(Br)ccc21. The fourth-order valence-corrected chi connectivity index (χ4v) is 3.31. The molecule has 1 aromatic rings. The zero-order valence-electron chi connectivity index (χ0n) is 10.9. The van der Waals surface area contributed by atoms with Gasteiger partial charge in [-0.25, -0.2) is 0 Å². The van der Waals surface area contributed by atoms with Crippen molar-refractivity contribution in [3.05, 3.63) is 28.2 Å². The highest BCUT2D eigenvalue weighted by atomic mass is 79.9. The lowest BCUT2D eigenvalue weighted by Gasteiger charge is -2.18. The van der Waals surface area contributed by atoms with Gasteiger partial charge in [0.2, 0.25) is 0 Å². The van der Waals surface area contributed by atoms with Crippen LogP contribution in [0.4, 0.5) is 5.69 Å². The predicted octanol–water partition coefficient (Wildman–Crippen LogP) is 2.74. The van der Waals surface area contributed by atoms with Gasteiger partial charge in [0.15, 0.2) is 5.78 Å². The number of fused-ring (bicyclic) bond motifs is 1. The van der Waals surface area contributed by atoms with E-state index in [1.165, 1.54) is 4.90 Å². The Morgan fingerprint density at radius 2 is 1.95 bits per heavy atom. The van der Waals surface area contributed by atoms with E-state index in [9.17, 15) is 14.4 Å². The van der Waals surface area contributed by atoms with Crippen LogP contribution in [0.25, 0.3) is 0 Å². The molecule has 1 fully saturated rings.